The number of hydrogen-bond donors (Lipinski definition) is 3. The highest BCUT2D eigenvalue weighted by Gasteiger charge is 1.94. The van der Waals surface area contributed by atoms with Crippen molar-refractivity contribution in [3.8, 4) is 0 Å². The van der Waals surface area contributed by atoms with Gasteiger partial charge in [0.05, 0.1) is 12.2 Å². The van der Waals surface area contributed by atoms with Crippen LogP contribution in [-0.4, -0.2) is 33.5 Å². The molecule has 3 N–H and O–H groups in total. The fourth-order valence-electron chi connectivity index (χ4n) is 1.90. The monoisotopic (exact) mass is 360 g/mol. The van der Waals surface area contributed by atoms with Crippen molar-refractivity contribution in [3.05, 3.63) is 72.9 Å². The first-order valence-corrected chi connectivity index (χ1v) is 9.10. The van der Waals surface area contributed by atoms with E-state index in [0.29, 0.717) is 19.3 Å². The highest BCUT2D eigenvalue weighted by Crippen LogP contribution is 2.00. The number of hydrogen-bond acceptors (Lipinski definition) is 3. The highest BCUT2D eigenvalue weighted by molar-refractivity contribution is 5.66. The van der Waals surface area contributed by atoms with Crippen molar-refractivity contribution in [2.24, 2.45) is 0 Å². The summed E-state index contributed by atoms with van der Waals surface area (Å²) in [7, 11) is 0. The highest BCUT2D eigenvalue weighted by atomic mass is 16.4. The third-order valence-corrected chi connectivity index (χ3v) is 3.29. The minimum Gasteiger partial charge on any atom is -0.481 e. The van der Waals surface area contributed by atoms with Gasteiger partial charge in [-0.15, -0.1) is 0 Å². The Morgan fingerprint density at radius 1 is 0.808 bits per heavy atom. The molecule has 0 fully saturated rings. The molecule has 0 radical (unpaired) electrons. The lowest BCUT2D eigenvalue weighted by molar-refractivity contribution is -0.136. The van der Waals surface area contributed by atoms with Crippen LogP contribution in [0.2, 0.25) is 0 Å². The molecule has 0 aliphatic carbocycles. The van der Waals surface area contributed by atoms with E-state index in [0.717, 1.165) is 12.8 Å². The van der Waals surface area contributed by atoms with Crippen molar-refractivity contribution in [2.75, 3.05) is 0 Å². The number of aliphatic hydroxyl groups is 2. The second-order valence-electron chi connectivity index (χ2n) is 5.75. The normalized spacial score (nSPS) is 15.5. The predicted molar refractivity (Wildman–Crippen MR) is 108 cm³/mol. The van der Waals surface area contributed by atoms with Crippen molar-refractivity contribution < 1.29 is 20.1 Å². The molecule has 0 amide bonds. The quantitative estimate of drug-likeness (QED) is 0.315. The third kappa shape index (κ3) is 18.2. The van der Waals surface area contributed by atoms with Crippen LogP contribution < -0.4 is 0 Å². The van der Waals surface area contributed by atoms with Crippen LogP contribution in [0.25, 0.3) is 0 Å². The van der Waals surface area contributed by atoms with Gasteiger partial charge in [-0.1, -0.05) is 79.8 Å². The molecule has 0 saturated heterocycles. The van der Waals surface area contributed by atoms with E-state index >= 15 is 0 Å². The zero-order valence-electron chi connectivity index (χ0n) is 15.6. The Morgan fingerprint density at radius 3 is 1.88 bits per heavy atom. The van der Waals surface area contributed by atoms with Crippen molar-refractivity contribution in [1.82, 2.24) is 0 Å². The van der Waals surface area contributed by atoms with Crippen LogP contribution in [0.4, 0.5) is 0 Å². The molecule has 0 aromatic heterocycles. The van der Waals surface area contributed by atoms with E-state index in [-0.39, 0.29) is 6.42 Å². The lowest BCUT2D eigenvalue weighted by atomic mass is 10.2. The Bertz CT molecular complexity index is 524. The van der Waals surface area contributed by atoms with Crippen LogP contribution in [0.5, 0.6) is 0 Å². The summed E-state index contributed by atoms with van der Waals surface area (Å²) in [5.41, 5.74) is 0. The number of allylic oxidation sites excluding steroid dienone is 8. The van der Waals surface area contributed by atoms with Gasteiger partial charge in [-0.2, -0.15) is 0 Å². The summed E-state index contributed by atoms with van der Waals surface area (Å²) in [4.78, 5) is 10.3. The van der Waals surface area contributed by atoms with Gasteiger partial charge in [0.15, 0.2) is 0 Å². The van der Waals surface area contributed by atoms with E-state index in [1.165, 1.54) is 0 Å². The molecule has 0 rings (SSSR count). The van der Waals surface area contributed by atoms with Crippen molar-refractivity contribution in [3.63, 3.8) is 0 Å². The first-order valence-electron chi connectivity index (χ1n) is 9.10. The van der Waals surface area contributed by atoms with Gasteiger partial charge in [0, 0.05) is 6.42 Å². The Morgan fingerprint density at radius 2 is 1.35 bits per heavy atom. The maximum Gasteiger partial charge on any atom is 0.303 e. The summed E-state index contributed by atoms with van der Waals surface area (Å²) in [6.07, 6.45) is 24.8. The summed E-state index contributed by atoms with van der Waals surface area (Å²) in [5, 5.41) is 28.0. The fourth-order valence-corrected chi connectivity index (χ4v) is 1.90. The molecule has 0 bridgehead atoms. The van der Waals surface area contributed by atoms with Gasteiger partial charge in [0.1, 0.15) is 0 Å². The fraction of sp³-hybridized carbons (Fsp3) is 0.409. The second kappa shape index (κ2) is 17.6. The number of carbonyl (C=O) groups is 1. The molecule has 0 aliphatic rings. The summed E-state index contributed by atoms with van der Waals surface area (Å²) in [5.74, 6) is -0.787. The Kier molecular flexibility index (Phi) is 16.2. The van der Waals surface area contributed by atoms with Crippen LogP contribution in [-0.2, 0) is 4.79 Å². The largest absolute Gasteiger partial charge is 0.481 e. The average molecular weight is 360 g/mol. The molecule has 0 saturated carbocycles. The summed E-state index contributed by atoms with van der Waals surface area (Å²) < 4.78 is 0. The minimum atomic E-state index is -0.787. The van der Waals surface area contributed by atoms with E-state index in [1.807, 2.05) is 48.6 Å². The molecule has 4 heteroatoms. The molecule has 144 valence electrons. The number of rotatable bonds is 14. The molecule has 4 nitrogen and oxygen atoms in total. The van der Waals surface area contributed by atoms with Gasteiger partial charge < -0.3 is 15.3 Å². The van der Waals surface area contributed by atoms with Gasteiger partial charge in [-0.3, -0.25) is 4.79 Å². The van der Waals surface area contributed by atoms with Crippen LogP contribution in [0.3, 0.4) is 0 Å². The molecular formula is C22H32O4. The van der Waals surface area contributed by atoms with Gasteiger partial charge in [-0.25, -0.2) is 0 Å². The van der Waals surface area contributed by atoms with Crippen LogP contribution in [0.15, 0.2) is 72.9 Å². The van der Waals surface area contributed by atoms with Crippen molar-refractivity contribution in [1.29, 1.82) is 0 Å². The lowest BCUT2D eigenvalue weighted by Crippen LogP contribution is -1.98. The van der Waals surface area contributed by atoms with E-state index in [4.69, 9.17) is 5.11 Å². The Labute approximate surface area is 157 Å². The third-order valence-electron chi connectivity index (χ3n) is 3.29. The molecule has 26 heavy (non-hydrogen) atoms. The molecule has 0 heterocycles. The molecule has 0 spiro atoms. The summed E-state index contributed by atoms with van der Waals surface area (Å²) in [6, 6.07) is 0. The number of aliphatic carboxylic acids is 1. The van der Waals surface area contributed by atoms with Crippen LogP contribution >= 0.6 is 0 Å². The average Bonchev–Trinajstić information content (AvgIpc) is 2.60. The van der Waals surface area contributed by atoms with Gasteiger partial charge in [0.25, 0.3) is 0 Å². The minimum absolute atomic E-state index is 0.154. The lowest BCUT2D eigenvalue weighted by Gasteiger charge is -1.99. The van der Waals surface area contributed by atoms with Crippen molar-refractivity contribution in [2.45, 2.75) is 57.7 Å². The van der Waals surface area contributed by atoms with E-state index in [9.17, 15) is 15.0 Å². The van der Waals surface area contributed by atoms with Crippen molar-refractivity contribution >= 4 is 5.97 Å². The summed E-state index contributed by atoms with van der Waals surface area (Å²) in [6.45, 7) is 2.06. The van der Waals surface area contributed by atoms with Crippen LogP contribution in [0, 0.1) is 0 Å². The second-order valence-corrected chi connectivity index (χ2v) is 5.75. The predicted octanol–water partition coefficient (Wildman–Crippen LogP) is 4.49. The topological polar surface area (TPSA) is 77.8 Å². The zero-order valence-corrected chi connectivity index (χ0v) is 15.6. The number of aliphatic hydroxyl groups excluding tert-OH is 2. The number of carboxylic acids is 1. The van der Waals surface area contributed by atoms with Gasteiger partial charge in [-0.05, 0) is 32.1 Å². The first-order chi connectivity index (χ1) is 12.6. The van der Waals surface area contributed by atoms with Gasteiger partial charge >= 0.3 is 5.97 Å². The standard InChI is InChI=1S/C22H32O4/c1-2-3-10-15-20(23)17-12-8-9-13-18-21(24)16-11-6-4-5-7-14-19-22(25)26/h3,5-13,17-18,20-21,23-24H,2,4,14-16,19H2,1H3,(H,25,26)/b7-5?,9-8?,10-3?,11-6?,17-12+,18-13?/t20-,21-/m0/s1. The van der Waals surface area contributed by atoms with Crippen LogP contribution in [0.1, 0.15) is 45.4 Å². The molecule has 2 atom stereocenters. The maximum atomic E-state index is 10.3. The number of carboxylic acid groups (broad SMARTS) is 1. The smallest absolute Gasteiger partial charge is 0.303 e. The molecular weight excluding hydrogens is 328 g/mol. The molecule has 0 aromatic carbocycles. The maximum absolute atomic E-state index is 10.3. The molecule has 0 unspecified atom stereocenters. The van der Waals surface area contributed by atoms with E-state index in [1.54, 1.807) is 24.3 Å². The van der Waals surface area contributed by atoms with E-state index in [2.05, 4.69) is 6.92 Å². The Hall–Kier alpha value is -2.17. The van der Waals surface area contributed by atoms with Gasteiger partial charge in [0.2, 0.25) is 0 Å². The Balaban J connectivity index is 3.87. The zero-order chi connectivity index (χ0) is 19.5. The SMILES string of the molecule is CCC=CC[C@H](O)/C=C/C=CC=C[C@@H](O)CC=CCC=CCCC(=O)O. The molecule has 0 aromatic rings. The first kappa shape index (κ1) is 23.8. The summed E-state index contributed by atoms with van der Waals surface area (Å²) >= 11 is 0. The van der Waals surface area contributed by atoms with E-state index < -0.39 is 18.2 Å². The molecule has 0 aliphatic heterocycles.